The summed E-state index contributed by atoms with van der Waals surface area (Å²) in [5, 5.41) is 9.93. The average Bonchev–Trinajstić information content (AvgIpc) is 2.93. The van der Waals surface area contributed by atoms with Gasteiger partial charge in [-0.1, -0.05) is 0 Å². The first-order valence-corrected chi connectivity index (χ1v) is 7.18. The molecule has 2 atom stereocenters. The van der Waals surface area contributed by atoms with Gasteiger partial charge in [-0.25, -0.2) is 0 Å². The van der Waals surface area contributed by atoms with Crippen LogP contribution < -0.4 is 0 Å². The zero-order chi connectivity index (χ0) is 14.7. The van der Waals surface area contributed by atoms with Crippen molar-refractivity contribution >= 4 is 5.91 Å². The number of aliphatic hydroxyl groups is 1. The van der Waals surface area contributed by atoms with Crippen LogP contribution in [0.25, 0.3) is 0 Å². The molecule has 0 aliphatic carbocycles. The predicted molar refractivity (Wildman–Crippen MR) is 76.1 cm³/mol. The highest BCUT2D eigenvalue weighted by Crippen LogP contribution is 2.21. The Kier molecular flexibility index (Phi) is 4.83. The molecule has 0 spiro atoms. The smallest absolute Gasteiger partial charge is 0.223 e. The zero-order valence-electron chi connectivity index (χ0n) is 12.5. The van der Waals surface area contributed by atoms with Crippen LogP contribution in [0, 0.1) is 12.8 Å². The number of rotatable bonds is 5. The maximum atomic E-state index is 12.4. The van der Waals surface area contributed by atoms with Gasteiger partial charge < -0.3 is 19.3 Å². The van der Waals surface area contributed by atoms with Gasteiger partial charge in [-0.05, 0) is 32.5 Å². The highest BCUT2D eigenvalue weighted by Gasteiger charge is 2.32. The fraction of sp³-hybridized carbons (Fsp3) is 0.667. The van der Waals surface area contributed by atoms with E-state index in [1.54, 1.807) is 11.2 Å². The van der Waals surface area contributed by atoms with E-state index in [0.717, 1.165) is 17.9 Å². The molecule has 1 saturated heterocycles. The summed E-state index contributed by atoms with van der Waals surface area (Å²) in [5.41, 5.74) is 1.07. The van der Waals surface area contributed by atoms with Gasteiger partial charge in [-0.15, -0.1) is 0 Å². The number of aryl methyl sites for hydroxylation is 1. The summed E-state index contributed by atoms with van der Waals surface area (Å²) in [7, 11) is 1.97. The molecular weight excluding hydrogens is 256 g/mol. The van der Waals surface area contributed by atoms with E-state index in [1.807, 2.05) is 27.0 Å². The minimum atomic E-state index is -0.395. The van der Waals surface area contributed by atoms with Crippen LogP contribution >= 0.6 is 0 Å². The number of aliphatic hydroxyl groups excluding tert-OH is 1. The fourth-order valence-corrected chi connectivity index (χ4v) is 2.73. The zero-order valence-corrected chi connectivity index (χ0v) is 12.5. The number of hydrogen-bond acceptors (Lipinski definition) is 4. The van der Waals surface area contributed by atoms with Crippen molar-refractivity contribution in [3.05, 3.63) is 23.7 Å². The van der Waals surface area contributed by atoms with Gasteiger partial charge in [0.05, 0.1) is 18.9 Å². The van der Waals surface area contributed by atoms with Crippen molar-refractivity contribution in [2.75, 3.05) is 26.7 Å². The molecule has 0 unspecified atom stereocenters. The number of likely N-dealkylation sites (tertiary alicyclic amines) is 1. The molecule has 5 nitrogen and oxygen atoms in total. The van der Waals surface area contributed by atoms with Crippen LogP contribution in [0.3, 0.4) is 0 Å². The van der Waals surface area contributed by atoms with Gasteiger partial charge in [0.1, 0.15) is 5.76 Å². The molecule has 0 saturated carbocycles. The van der Waals surface area contributed by atoms with E-state index in [1.165, 1.54) is 0 Å². The SMILES string of the molecule is CCN(Cc1occc1C)C(=O)C[C@@H]1CN(C)C[C@H]1O. The molecule has 1 N–H and O–H groups in total. The second kappa shape index (κ2) is 6.41. The van der Waals surface area contributed by atoms with Crippen molar-refractivity contribution in [3.8, 4) is 0 Å². The fourth-order valence-electron chi connectivity index (χ4n) is 2.73. The highest BCUT2D eigenvalue weighted by molar-refractivity contribution is 5.76. The first kappa shape index (κ1) is 15.1. The summed E-state index contributed by atoms with van der Waals surface area (Å²) < 4.78 is 5.40. The van der Waals surface area contributed by atoms with E-state index in [0.29, 0.717) is 26.1 Å². The van der Waals surface area contributed by atoms with Crippen LogP contribution in [0.1, 0.15) is 24.7 Å². The summed E-state index contributed by atoms with van der Waals surface area (Å²) in [6, 6.07) is 1.91. The van der Waals surface area contributed by atoms with E-state index >= 15 is 0 Å². The van der Waals surface area contributed by atoms with Gasteiger partial charge in [0, 0.05) is 32.0 Å². The Labute approximate surface area is 120 Å². The summed E-state index contributed by atoms with van der Waals surface area (Å²) in [5.74, 6) is 0.964. The minimum Gasteiger partial charge on any atom is -0.467 e. The lowest BCUT2D eigenvalue weighted by Crippen LogP contribution is -2.34. The van der Waals surface area contributed by atoms with Gasteiger partial charge in [-0.3, -0.25) is 4.79 Å². The molecule has 2 rings (SSSR count). The van der Waals surface area contributed by atoms with Crippen LogP contribution in [0.2, 0.25) is 0 Å². The molecule has 0 aromatic carbocycles. The lowest BCUT2D eigenvalue weighted by molar-refractivity contribution is -0.133. The van der Waals surface area contributed by atoms with Crippen molar-refractivity contribution < 1.29 is 14.3 Å². The van der Waals surface area contributed by atoms with E-state index < -0.39 is 6.10 Å². The van der Waals surface area contributed by atoms with Crippen molar-refractivity contribution in [2.45, 2.75) is 32.9 Å². The summed E-state index contributed by atoms with van der Waals surface area (Å²) in [4.78, 5) is 16.2. The number of likely N-dealkylation sites (N-methyl/N-ethyl adjacent to an activating group) is 1. The van der Waals surface area contributed by atoms with Gasteiger partial charge in [0.2, 0.25) is 5.91 Å². The predicted octanol–water partition coefficient (Wildman–Crippen LogP) is 1.25. The first-order chi connectivity index (χ1) is 9.51. The van der Waals surface area contributed by atoms with E-state index in [4.69, 9.17) is 4.42 Å². The minimum absolute atomic E-state index is 0.0410. The number of nitrogens with zero attached hydrogens (tertiary/aromatic N) is 2. The van der Waals surface area contributed by atoms with Gasteiger partial charge in [0.15, 0.2) is 0 Å². The van der Waals surface area contributed by atoms with Crippen molar-refractivity contribution in [1.29, 1.82) is 0 Å². The molecule has 1 aliphatic rings. The molecular formula is C15H24N2O3. The first-order valence-electron chi connectivity index (χ1n) is 7.18. The van der Waals surface area contributed by atoms with Crippen molar-refractivity contribution in [3.63, 3.8) is 0 Å². The molecule has 1 aromatic heterocycles. The van der Waals surface area contributed by atoms with E-state index in [2.05, 4.69) is 4.90 Å². The third kappa shape index (κ3) is 3.41. The Hall–Kier alpha value is -1.33. The molecule has 1 aromatic rings. The van der Waals surface area contributed by atoms with Crippen molar-refractivity contribution in [2.24, 2.45) is 5.92 Å². The summed E-state index contributed by atoms with van der Waals surface area (Å²) >= 11 is 0. The summed E-state index contributed by atoms with van der Waals surface area (Å²) in [6.07, 6.45) is 1.66. The van der Waals surface area contributed by atoms with E-state index in [-0.39, 0.29) is 11.8 Å². The maximum Gasteiger partial charge on any atom is 0.223 e. The van der Waals surface area contributed by atoms with Crippen LogP contribution in [-0.4, -0.2) is 53.6 Å². The second-order valence-corrected chi connectivity index (χ2v) is 5.69. The standard InChI is InChI=1S/C15H24N2O3/c1-4-17(10-14-11(2)5-6-20-14)15(19)7-12-8-16(3)9-13(12)18/h5-6,12-13,18H,4,7-10H2,1-3H3/t12-,13-/m1/s1. The third-order valence-electron chi connectivity index (χ3n) is 4.06. The van der Waals surface area contributed by atoms with Crippen LogP contribution in [0.15, 0.2) is 16.7 Å². The molecule has 0 bridgehead atoms. The molecule has 20 heavy (non-hydrogen) atoms. The molecule has 0 radical (unpaired) electrons. The number of carbonyl (C=O) groups excluding carboxylic acids is 1. The molecule has 2 heterocycles. The molecule has 1 aliphatic heterocycles. The lowest BCUT2D eigenvalue weighted by Gasteiger charge is -2.22. The van der Waals surface area contributed by atoms with Gasteiger partial charge in [-0.2, -0.15) is 0 Å². The van der Waals surface area contributed by atoms with Crippen LogP contribution in [-0.2, 0) is 11.3 Å². The van der Waals surface area contributed by atoms with Crippen LogP contribution in [0.5, 0.6) is 0 Å². The molecule has 1 fully saturated rings. The lowest BCUT2D eigenvalue weighted by atomic mass is 10.0. The Bertz CT molecular complexity index is 458. The monoisotopic (exact) mass is 280 g/mol. The molecule has 1 amide bonds. The van der Waals surface area contributed by atoms with Gasteiger partial charge in [0.25, 0.3) is 0 Å². The number of β-amino-alcohol motifs (C(OH)–C–C–N with tert-alkyl or cyclic N) is 1. The number of hydrogen-bond donors (Lipinski definition) is 1. The summed E-state index contributed by atoms with van der Waals surface area (Å²) in [6.45, 7) is 6.54. The molecule has 5 heteroatoms. The normalized spacial score (nSPS) is 23.2. The van der Waals surface area contributed by atoms with E-state index in [9.17, 15) is 9.90 Å². The molecule has 112 valence electrons. The average molecular weight is 280 g/mol. The van der Waals surface area contributed by atoms with Gasteiger partial charge >= 0.3 is 0 Å². The second-order valence-electron chi connectivity index (χ2n) is 5.69. The van der Waals surface area contributed by atoms with Crippen molar-refractivity contribution in [1.82, 2.24) is 9.80 Å². The quantitative estimate of drug-likeness (QED) is 0.882. The topological polar surface area (TPSA) is 56.9 Å². The Morgan fingerprint density at radius 3 is 2.80 bits per heavy atom. The number of amides is 1. The third-order valence-corrected chi connectivity index (χ3v) is 4.06. The number of furan rings is 1. The largest absolute Gasteiger partial charge is 0.467 e. The Balaban J connectivity index is 1.94. The number of carbonyl (C=O) groups is 1. The van der Waals surface area contributed by atoms with Crippen LogP contribution in [0.4, 0.5) is 0 Å². The Morgan fingerprint density at radius 1 is 1.55 bits per heavy atom. The Morgan fingerprint density at radius 2 is 2.30 bits per heavy atom. The maximum absolute atomic E-state index is 12.4. The highest BCUT2D eigenvalue weighted by atomic mass is 16.3.